The van der Waals surface area contributed by atoms with Crippen molar-refractivity contribution < 1.29 is 42.6 Å². The highest BCUT2D eigenvalue weighted by atomic mass is 16.6. The molecule has 0 atom stereocenters. The van der Waals surface area contributed by atoms with E-state index in [2.05, 4.69) is 43.6 Å². The van der Waals surface area contributed by atoms with Crippen LogP contribution in [-0.4, -0.2) is 53.2 Å². The van der Waals surface area contributed by atoms with E-state index in [4.69, 9.17) is 14.8 Å². The van der Waals surface area contributed by atoms with Gasteiger partial charge in [0, 0.05) is 41.1 Å². The quantitative estimate of drug-likeness (QED) is 0.0820. The summed E-state index contributed by atoms with van der Waals surface area (Å²) in [7, 11) is 2.34. The highest BCUT2D eigenvalue weighted by Gasteiger charge is 2.19. The van der Waals surface area contributed by atoms with E-state index in [-0.39, 0.29) is 28.6 Å². The van der Waals surface area contributed by atoms with Gasteiger partial charge in [-0.2, -0.15) is 0 Å². The summed E-state index contributed by atoms with van der Waals surface area (Å²) < 4.78 is 18.6. The summed E-state index contributed by atoms with van der Waals surface area (Å²) in [5.41, 5.74) is 7.79. The molecule has 0 aliphatic carbocycles. The van der Waals surface area contributed by atoms with Gasteiger partial charge in [-0.15, -0.1) is 0 Å². The molecule has 2 aromatic heterocycles. The van der Waals surface area contributed by atoms with E-state index in [1.807, 2.05) is 0 Å². The normalized spacial score (nSPS) is 9.95. The van der Waals surface area contributed by atoms with Gasteiger partial charge in [-0.05, 0) is 24.3 Å². The Balaban J connectivity index is 0.000000241. The number of nitrogens with zero attached hydrogens (tertiary/aromatic N) is 3. The molecule has 16 heteroatoms. The first-order valence-electron chi connectivity index (χ1n) is 12.1. The predicted molar refractivity (Wildman–Crippen MR) is 152 cm³/mol. The van der Waals surface area contributed by atoms with Crippen LogP contribution in [0.5, 0.6) is 0 Å². The predicted octanol–water partition coefficient (Wildman–Crippen LogP) is 3.01. The van der Waals surface area contributed by atoms with E-state index in [0.29, 0.717) is 22.6 Å². The van der Waals surface area contributed by atoms with Crippen molar-refractivity contribution in [2.75, 3.05) is 20.0 Å². The summed E-state index contributed by atoms with van der Waals surface area (Å²) in [5, 5.41) is 22.6. The van der Waals surface area contributed by atoms with E-state index in [1.165, 1.54) is 43.5 Å². The van der Waals surface area contributed by atoms with Crippen molar-refractivity contribution in [3.8, 4) is 22.5 Å². The molecule has 4 N–H and O–H groups in total. The first kappa shape index (κ1) is 31.9. The number of carbonyl (C=O) groups is 4. The number of anilines is 1. The third-order valence-electron chi connectivity index (χ3n) is 5.44. The SMILES string of the molecule is C=C(NC(=O)c1cc(-c2ccc(N)cc2)no1)C(=O)OC.C=C(NC(=O)c1cc(-c2ccc([N+](=O)[O-])cc2)no1)C(=O)OC. The molecule has 0 saturated heterocycles. The number of amides is 2. The first-order chi connectivity index (χ1) is 20.9. The number of non-ortho nitro benzene ring substituents is 1. The van der Waals surface area contributed by atoms with Gasteiger partial charge in [-0.3, -0.25) is 19.7 Å². The Hall–Kier alpha value is -6.58. The Morgan fingerprint density at radius 2 is 1.16 bits per heavy atom. The Kier molecular flexibility index (Phi) is 10.4. The van der Waals surface area contributed by atoms with E-state index < -0.39 is 28.7 Å². The number of hydrogen-bond donors (Lipinski definition) is 3. The molecule has 2 amide bonds. The molecule has 0 radical (unpaired) electrons. The van der Waals surface area contributed by atoms with Crippen molar-refractivity contribution in [1.82, 2.24) is 20.9 Å². The number of carbonyl (C=O) groups excluding carboxylic acids is 4. The van der Waals surface area contributed by atoms with Crippen molar-refractivity contribution in [2.24, 2.45) is 0 Å². The molecule has 4 aromatic rings. The molecule has 0 saturated carbocycles. The van der Waals surface area contributed by atoms with E-state index >= 15 is 0 Å². The zero-order valence-corrected chi connectivity index (χ0v) is 23.2. The van der Waals surface area contributed by atoms with Crippen LogP contribution in [0.3, 0.4) is 0 Å². The number of aromatic nitrogens is 2. The molecule has 4 rings (SSSR count). The fraction of sp³-hybridized carbons (Fsp3) is 0.0714. The van der Waals surface area contributed by atoms with Gasteiger partial charge < -0.3 is 34.9 Å². The molecule has 0 fully saturated rings. The minimum atomic E-state index is -0.784. The molecule has 2 aromatic carbocycles. The second kappa shape index (κ2) is 14.4. The Bertz CT molecular complexity index is 1720. The maximum absolute atomic E-state index is 11.9. The van der Waals surface area contributed by atoms with Crippen LogP contribution >= 0.6 is 0 Å². The number of nitrogen functional groups attached to an aromatic ring is 1. The lowest BCUT2D eigenvalue weighted by Gasteiger charge is -2.03. The molecule has 0 unspecified atom stereocenters. The molecule has 2 heterocycles. The maximum Gasteiger partial charge on any atom is 0.353 e. The average Bonchev–Trinajstić information content (AvgIpc) is 3.72. The number of nitrogens with one attached hydrogen (secondary N) is 2. The average molecular weight is 605 g/mol. The lowest BCUT2D eigenvalue weighted by molar-refractivity contribution is -0.384. The van der Waals surface area contributed by atoms with Crippen LogP contribution in [0, 0.1) is 10.1 Å². The number of esters is 2. The second-order valence-electron chi connectivity index (χ2n) is 8.43. The third-order valence-corrected chi connectivity index (χ3v) is 5.44. The summed E-state index contributed by atoms with van der Waals surface area (Å²) in [6.07, 6.45) is 0. The number of nitro groups is 1. The van der Waals surface area contributed by atoms with Crippen molar-refractivity contribution in [2.45, 2.75) is 0 Å². The number of benzene rings is 2. The highest BCUT2D eigenvalue weighted by Crippen LogP contribution is 2.23. The number of nitrogens with two attached hydrogens (primary N) is 1. The smallest absolute Gasteiger partial charge is 0.353 e. The Morgan fingerprint density at radius 3 is 1.52 bits per heavy atom. The Labute approximate surface area is 248 Å². The van der Waals surface area contributed by atoms with Crippen LogP contribution in [0.25, 0.3) is 22.5 Å². The molecule has 0 aliphatic rings. The molecule has 44 heavy (non-hydrogen) atoms. The van der Waals surface area contributed by atoms with E-state index in [0.717, 1.165) is 12.7 Å². The maximum atomic E-state index is 11.9. The summed E-state index contributed by atoms with van der Waals surface area (Å²) in [6, 6.07) is 15.3. The van der Waals surface area contributed by atoms with Crippen molar-refractivity contribution in [1.29, 1.82) is 0 Å². The van der Waals surface area contributed by atoms with Crippen molar-refractivity contribution in [3.05, 3.63) is 107 Å². The van der Waals surface area contributed by atoms with Gasteiger partial charge in [0.05, 0.1) is 19.1 Å². The van der Waals surface area contributed by atoms with Gasteiger partial charge in [-0.1, -0.05) is 35.6 Å². The van der Waals surface area contributed by atoms with Crippen LogP contribution in [0.4, 0.5) is 11.4 Å². The zero-order chi connectivity index (χ0) is 32.4. The van der Waals surface area contributed by atoms with Crippen LogP contribution in [0.2, 0.25) is 0 Å². The summed E-state index contributed by atoms with van der Waals surface area (Å²) in [5.74, 6) is -3.08. The molecular weight excluding hydrogens is 580 g/mol. The summed E-state index contributed by atoms with van der Waals surface area (Å²) >= 11 is 0. The molecule has 0 spiro atoms. The van der Waals surface area contributed by atoms with Crippen LogP contribution in [0.1, 0.15) is 21.1 Å². The molecule has 16 nitrogen and oxygen atoms in total. The zero-order valence-electron chi connectivity index (χ0n) is 23.2. The number of methoxy groups -OCH3 is 2. The lowest BCUT2D eigenvalue weighted by Crippen LogP contribution is -2.26. The largest absolute Gasteiger partial charge is 0.464 e. The van der Waals surface area contributed by atoms with Crippen LogP contribution < -0.4 is 16.4 Å². The number of ether oxygens (including phenoxy) is 2. The second-order valence-corrected chi connectivity index (χ2v) is 8.43. The van der Waals surface area contributed by atoms with Crippen molar-refractivity contribution >= 4 is 35.1 Å². The van der Waals surface area contributed by atoms with E-state index in [1.54, 1.807) is 24.3 Å². The molecule has 0 aliphatic heterocycles. The van der Waals surface area contributed by atoms with Crippen LogP contribution in [-0.2, 0) is 19.1 Å². The minimum absolute atomic E-state index is 0.0492. The first-order valence-corrected chi connectivity index (χ1v) is 12.1. The number of nitro benzene ring substituents is 1. The van der Waals surface area contributed by atoms with Crippen molar-refractivity contribution in [3.63, 3.8) is 0 Å². The summed E-state index contributed by atoms with van der Waals surface area (Å²) in [4.78, 5) is 56.1. The third kappa shape index (κ3) is 8.23. The number of rotatable bonds is 9. The monoisotopic (exact) mass is 604 g/mol. The van der Waals surface area contributed by atoms with Gasteiger partial charge in [-0.25, -0.2) is 9.59 Å². The molecule has 226 valence electrons. The van der Waals surface area contributed by atoms with E-state index in [9.17, 15) is 29.3 Å². The number of hydrogen-bond acceptors (Lipinski definition) is 13. The van der Waals surface area contributed by atoms with Gasteiger partial charge in [0.2, 0.25) is 11.5 Å². The highest BCUT2D eigenvalue weighted by molar-refractivity contribution is 6.00. The Morgan fingerprint density at radius 1 is 0.773 bits per heavy atom. The fourth-order valence-electron chi connectivity index (χ4n) is 3.19. The van der Waals surface area contributed by atoms with Gasteiger partial charge in [0.1, 0.15) is 22.8 Å². The molecule has 0 bridgehead atoms. The van der Waals surface area contributed by atoms with Gasteiger partial charge in [0.15, 0.2) is 0 Å². The van der Waals surface area contributed by atoms with Gasteiger partial charge >= 0.3 is 11.9 Å². The summed E-state index contributed by atoms with van der Waals surface area (Å²) in [6.45, 7) is 6.73. The van der Waals surface area contributed by atoms with Crippen LogP contribution in [0.15, 0.2) is 94.3 Å². The van der Waals surface area contributed by atoms with Gasteiger partial charge in [0.25, 0.3) is 17.5 Å². The topological polar surface area (TPSA) is 232 Å². The fourth-order valence-corrected chi connectivity index (χ4v) is 3.19. The molecular formula is C28H24N6O10. The lowest BCUT2D eigenvalue weighted by atomic mass is 10.1. The minimum Gasteiger partial charge on any atom is -0.464 e. The standard InChI is InChI=1S/C14H11N3O6.C14H13N3O4/c1-8(14(19)22-2)15-13(18)12-7-11(16-23-12)9-3-5-10(6-4-9)17(20)21;1-8(14(19)20-2)16-13(18)12-7-11(17-21-12)9-3-5-10(15)6-4-9/h3-7H,1H2,2H3,(H,15,18);3-7H,1,15H2,2H3,(H,16,18).